The van der Waals surface area contributed by atoms with Gasteiger partial charge in [0.2, 0.25) is 0 Å². The lowest BCUT2D eigenvalue weighted by Gasteiger charge is -2.19. The molecule has 0 radical (unpaired) electrons. The van der Waals surface area contributed by atoms with E-state index in [1.54, 1.807) is 10.7 Å². The normalized spacial score (nSPS) is 11.8. The molecule has 0 aliphatic carbocycles. The van der Waals surface area contributed by atoms with Gasteiger partial charge in [-0.05, 0) is 32.9 Å². The van der Waals surface area contributed by atoms with Gasteiger partial charge in [0.1, 0.15) is 0 Å². The van der Waals surface area contributed by atoms with E-state index in [1.807, 2.05) is 18.3 Å². The number of hydrogen-bond acceptors (Lipinski definition) is 3. The predicted octanol–water partition coefficient (Wildman–Crippen LogP) is 3.46. The molecule has 4 nitrogen and oxygen atoms in total. The Bertz CT molecular complexity index is 572. The summed E-state index contributed by atoms with van der Waals surface area (Å²) in [6.07, 6.45) is 1.84. The van der Waals surface area contributed by atoms with Crippen LogP contribution in [0.15, 0.2) is 24.4 Å². The first-order valence-electron chi connectivity index (χ1n) is 5.97. The summed E-state index contributed by atoms with van der Waals surface area (Å²) in [5.41, 5.74) is 1.62. The molecular formula is C13H16Cl2N4. The minimum absolute atomic E-state index is 0.0392. The number of aromatic nitrogens is 3. The molecule has 0 saturated heterocycles. The number of rotatable bonds is 3. The van der Waals surface area contributed by atoms with Gasteiger partial charge in [-0.3, -0.25) is 0 Å². The zero-order valence-corrected chi connectivity index (χ0v) is 12.6. The van der Waals surface area contributed by atoms with E-state index in [-0.39, 0.29) is 5.54 Å². The van der Waals surface area contributed by atoms with E-state index in [2.05, 4.69) is 36.4 Å². The molecule has 1 aromatic carbocycles. The van der Waals surface area contributed by atoms with Crippen molar-refractivity contribution in [2.24, 2.45) is 0 Å². The van der Waals surface area contributed by atoms with Crippen molar-refractivity contribution in [2.45, 2.75) is 32.9 Å². The molecule has 0 unspecified atom stereocenters. The molecule has 0 bridgehead atoms. The second-order valence-corrected chi connectivity index (χ2v) is 6.12. The number of hydrogen-bond donors (Lipinski definition) is 1. The first-order valence-corrected chi connectivity index (χ1v) is 6.73. The van der Waals surface area contributed by atoms with Gasteiger partial charge >= 0.3 is 0 Å². The summed E-state index contributed by atoms with van der Waals surface area (Å²) in [6.45, 7) is 6.96. The highest BCUT2D eigenvalue weighted by Gasteiger charge is 2.12. The van der Waals surface area contributed by atoms with Crippen LogP contribution in [0.4, 0.5) is 0 Å². The van der Waals surface area contributed by atoms with Crippen LogP contribution in [0.5, 0.6) is 0 Å². The Morgan fingerprint density at radius 3 is 2.68 bits per heavy atom. The number of nitrogens with zero attached hydrogens (tertiary/aromatic N) is 3. The van der Waals surface area contributed by atoms with E-state index in [0.717, 1.165) is 11.4 Å². The van der Waals surface area contributed by atoms with Crippen molar-refractivity contribution in [2.75, 3.05) is 0 Å². The molecule has 0 saturated carbocycles. The predicted molar refractivity (Wildman–Crippen MR) is 78.0 cm³/mol. The second kappa shape index (κ2) is 5.49. The zero-order chi connectivity index (χ0) is 14.0. The van der Waals surface area contributed by atoms with E-state index in [4.69, 9.17) is 23.2 Å². The SMILES string of the molecule is CC(C)(C)NCc1cn(-c2cccc(Cl)c2Cl)nn1. The van der Waals surface area contributed by atoms with Gasteiger partial charge < -0.3 is 5.32 Å². The molecular weight excluding hydrogens is 283 g/mol. The van der Waals surface area contributed by atoms with Crippen molar-refractivity contribution < 1.29 is 0 Å². The van der Waals surface area contributed by atoms with Crippen molar-refractivity contribution in [3.63, 3.8) is 0 Å². The molecule has 1 aromatic heterocycles. The molecule has 1 heterocycles. The summed E-state index contributed by atoms with van der Waals surface area (Å²) >= 11 is 12.1. The van der Waals surface area contributed by atoms with Gasteiger partial charge in [0.05, 0.1) is 27.6 Å². The lowest BCUT2D eigenvalue weighted by atomic mass is 10.1. The third-order valence-electron chi connectivity index (χ3n) is 2.52. The molecule has 0 spiro atoms. The monoisotopic (exact) mass is 298 g/mol. The summed E-state index contributed by atoms with van der Waals surface area (Å²) in [5, 5.41) is 12.5. The molecule has 0 aliphatic heterocycles. The van der Waals surface area contributed by atoms with Crippen LogP contribution in [0.2, 0.25) is 10.0 Å². The minimum Gasteiger partial charge on any atom is -0.306 e. The third-order valence-corrected chi connectivity index (χ3v) is 3.33. The number of halogens is 2. The van der Waals surface area contributed by atoms with E-state index >= 15 is 0 Å². The van der Waals surface area contributed by atoms with Crippen molar-refractivity contribution in [3.05, 3.63) is 40.1 Å². The fraction of sp³-hybridized carbons (Fsp3) is 0.385. The Morgan fingerprint density at radius 1 is 1.26 bits per heavy atom. The van der Waals surface area contributed by atoms with Crippen LogP contribution in [0.3, 0.4) is 0 Å². The highest BCUT2D eigenvalue weighted by Crippen LogP contribution is 2.27. The summed E-state index contributed by atoms with van der Waals surface area (Å²) in [5.74, 6) is 0. The fourth-order valence-corrected chi connectivity index (χ4v) is 1.90. The molecule has 1 N–H and O–H groups in total. The first-order chi connectivity index (χ1) is 8.87. The average molecular weight is 299 g/mol. The van der Waals surface area contributed by atoms with Crippen LogP contribution in [-0.4, -0.2) is 20.5 Å². The highest BCUT2D eigenvalue weighted by atomic mass is 35.5. The summed E-state index contributed by atoms with van der Waals surface area (Å²) in [4.78, 5) is 0. The molecule has 0 fully saturated rings. The van der Waals surface area contributed by atoms with Crippen LogP contribution in [0.25, 0.3) is 5.69 Å². The molecule has 0 amide bonds. The van der Waals surface area contributed by atoms with Gasteiger partial charge in [0.15, 0.2) is 0 Å². The maximum Gasteiger partial charge on any atom is 0.0969 e. The smallest absolute Gasteiger partial charge is 0.0969 e. The van der Waals surface area contributed by atoms with Crippen LogP contribution in [0.1, 0.15) is 26.5 Å². The minimum atomic E-state index is 0.0392. The van der Waals surface area contributed by atoms with Gasteiger partial charge in [0.25, 0.3) is 0 Å². The molecule has 6 heteroatoms. The quantitative estimate of drug-likeness (QED) is 0.943. The van der Waals surface area contributed by atoms with Crippen LogP contribution < -0.4 is 5.32 Å². The fourth-order valence-electron chi connectivity index (χ4n) is 1.52. The van der Waals surface area contributed by atoms with Crippen molar-refractivity contribution in [1.82, 2.24) is 20.3 Å². The Morgan fingerprint density at radius 2 is 2.00 bits per heavy atom. The van der Waals surface area contributed by atoms with E-state index in [0.29, 0.717) is 16.6 Å². The van der Waals surface area contributed by atoms with Gasteiger partial charge in [0, 0.05) is 12.1 Å². The topological polar surface area (TPSA) is 42.7 Å². The second-order valence-electron chi connectivity index (χ2n) is 5.33. The molecule has 102 valence electrons. The maximum atomic E-state index is 6.15. The summed E-state index contributed by atoms with van der Waals surface area (Å²) in [7, 11) is 0. The lowest BCUT2D eigenvalue weighted by Crippen LogP contribution is -2.35. The van der Waals surface area contributed by atoms with Crippen molar-refractivity contribution >= 4 is 23.2 Å². The zero-order valence-electron chi connectivity index (χ0n) is 11.1. The van der Waals surface area contributed by atoms with Gasteiger partial charge in [-0.25, -0.2) is 4.68 Å². The van der Waals surface area contributed by atoms with E-state index in [1.165, 1.54) is 0 Å². The number of benzene rings is 1. The van der Waals surface area contributed by atoms with E-state index in [9.17, 15) is 0 Å². The van der Waals surface area contributed by atoms with Crippen molar-refractivity contribution in [3.8, 4) is 5.69 Å². The van der Waals surface area contributed by atoms with Crippen LogP contribution >= 0.6 is 23.2 Å². The average Bonchev–Trinajstić information content (AvgIpc) is 2.78. The summed E-state index contributed by atoms with van der Waals surface area (Å²) < 4.78 is 1.63. The van der Waals surface area contributed by atoms with E-state index < -0.39 is 0 Å². The van der Waals surface area contributed by atoms with Crippen molar-refractivity contribution in [1.29, 1.82) is 0 Å². The summed E-state index contributed by atoms with van der Waals surface area (Å²) in [6, 6.07) is 5.43. The molecule has 0 aliphatic rings. The molecule has 0 atom stereocenters. The Kier molecular flexibility index (Phi) is 4.13. The van der Waals surface area contributed by atoms with Crippen LogP contribution in [0, 0.1) is 0 Å². The highest BCUT2D eigenvalue weighted by molar-refractivity contribution is 6.43. The lowest BCUT2D eigenvalue weighted by molar-refractivity contribution is 0.421. The van der Waals surface area contributed by atoms with Crippen LogP contribution in [-0.2, 0) is 6.54 Å². The Balaban J connectivity index is 2.19. The standard InChI is InChI=1S/C13H16Cl2N4/c1-13(2,3)16-7-9-8-19(18-17-9)11-6-4-5-10(14)12(11)15/h4-6,8,16H,7H2,1-3H3. The molecule has 19 heavy (non-hydrogen) atoms. The Hall–Kier alpha value is -1.10. The molecule has 2 aromatic rings. The number of nitrogens with one attached hydrogen (secondary N) is 1. The third kappa shape index (κ3) is 3.69. The van der Waals surface area contributed by atoms with Gasteiger partial charge in [-0.1, -0.05) is 34.5 Å². The van der Waals surface area contributed by atoms with Gasteiger partial charge in [-0.15, -0.1) is 5.10 Å². The Labute approximate surface area is 122 Å². The maximum absolute atomic E-state index is 6.15. The molecule has 2 rings (SSSR count). The van der Waals surface area contributed by atoms with Gasteiger partial charge in [-0.2, -0.15) is 0 Å². The largest absolute Gasteiger partial charge is 0.306 e. The first kappa shape index (κ1) is 14.3.